The summed E-state index contributed by atoms with van der Waals surface area (Å²) in [4.78, 5) is 13.8. The predicted octanol–water partition coefficient (Wildman–Crippen LogP) is 2.13. The number of likely N-dealkylation sites (tertiary alicyclic amines) is 1. The van der Waals surface area contributed by atoms with E-state index in [-0.39, 0.29) is 6.04 Å². The summed E-state index contributed by atoms with van der Waals surface area (Å²) in [6.07, 6.45) is 0.572. The number of amides is 1. The molecule has 7 nitrogen and oxygen atoms in total. The van der Waals surface area contributed by atoms with Crippen molar-refractivity contribution in [1.29, 1.82) is 0 Å². The minimum Gasteiger partial charge on any atom is -0.465 e. The van der Waals surface area contributed by atoms with Crippen LogP contribution in [0.15, 0.2) is 24.3 Å². The molecular formula is C12H12ClN5O2. The van der Waals surface area contributed by atoms with E-state index in [1.807, 2.05) is 0 Å². The fourth-order valence-electron chi connectivity index (χ4n) is 2.33. The van der Waals surface area contributed by atoms with Gasteiger partial charge in [-0.25, -0.2) is 4.79 Å². The van der Waals surface area contributed by atoms with Crippen molar-refractivity contribution in [2.24, 2.45) is 0 Å². The lowest BCUT2D eigenvalue weighted by Gasteiger charge is -2.17. The van der Waals surface area contributed by atoms with Gasteiger partial charge in [0.2, 0.25) is 0 Å². The van der Waals surface area contributed by atoms with Crippen molar-refractivity contribution in [3.63, 3.8) is 0 Å². The summed E-state index contributed by atoms with van der Waals surface area (Å²) < 4.78 is 0. The number of carbonyl (C=O) groups is 1. The zero-order valence-electron chi connectivity index (χ0n) is 10.5. The number of hydrogen-bond acceptors (Lipinski definition) is 4. The summed E-state index contributed by atoms with van der Waals surface area (Å²) in [7, 11) is 0. The minimum atomic E-state index is -0.952. The Balaban J connectivity index is 1.89. The van der Waals surface area contributed by atoms with E-state index in [2.05, 4.69) is 15.4 Å². The van der Waals surface area contributed by atoms with Crippen molar-refractivity contribution in [3.8, 4) is 5.69 Å². The van der Waals surface area contributed by atoms with E-state index in [1.54, 1.807) is 24.3 Å². The van der Waals surface area contributed by atoms with Crippen LogP contribution in [-0.2, 0) is 0 Å². The van der Waals surface area contributed by atoms with Crippen molar-refractivity contribution in [1.82, 2.24) is 25.1 Å². The van der Waals surface area contributed by atoms with Crippen LogP contribution in [0.4, 0.5) is 4.79 Å². The molecule has 0 bridgehead atoms. The fourth-order valence-corrected chi connectivity index (χ4v) is 2.52. The molecule has 1 N–H and O–H groups in total. The molecule has 1 amide bonds. The summed E-state index contributed by atoms with van der Waals surface area (Å²) >= 11 is 5.92. The highest BCUT2D eigenvalue weighted by molar-refractivity contribution is 6.30. The van der Waals surface area contributed by atoms with Crippen LogP contribution in [0, 0.1) is 0 Å². The van der Waals surface area contributed by atoms with Gasteiger partial charge in [0.1, 0.15) is 0 Å². The normalized spacial score (nSPS) is 18.4. The van der Waals surface area contributed by atoms with Crippen LogP contribution in [0.3, 0.4) is 0 Å². The summed E-state index contributed by atoms with van der Waals surface area (Å²) in [5, 5.41) is 21.9. The third-order valence-corrected chi connectivity index (χ3v) is 3.50. The van der Waals surface area contributed by atoms with Gasteiger partial charge >= 0.3 is 6.09 Å². The maximum absolute atomic E-state index is 11.1. The summed E-state index contributed by atoms with van der Waals surface area (Å²) in [5.41, 5.74) is 0.691. The molecule has 0 unspecified atom stereocenters. The van der Waals surface area contributed by atoms with Crippen LogP contribution in [0.5, 0.6) is 0 Å². The molecule has 1 fully saturated rings. The van der Waals surface area contributed by atoms with Gasteiger partial charge < -0.3 is 5.11 Å². The second-order valence-electron chi connectivity index (χ2n) is 4.55. The van der Waals surface area contributed by atoms with Gasteiger partial charge in [-0.3, -0.25) is 4.90 Å². The number of rotatable bonds is 2. The highest BCUT2D eigenvalue weighted by Gasteiger charge is 2.33. The second-order valence-corrected chi connectivity index (χ2v) is 4.99. The van der Waals surface area contributed by atoms with Gasteiger partial charge in [0.15, 0.2) is 5.82 Å². The predicted molar refractivity (Wildman–Crippen MR) is 70.9 cm³/mol. The number of carboxylic acid groups (broad SMARTS) is 1. The van der Waals surface area contributed by atoms with Crippen LogP contribution in [0.25, 0.3) is 5.69 Å². The molecule has 1 aromatic carbocycles. The number of hydrogen-bond donors (Lipinski definition) is 1. The maximum atomic E-state index is 11.1. The van der Waals surface area contributed by atoms with Gasteiger partial charge in [-0.2, -0.15) is 0 Å². The van der Waals surface area contributed by atoms with Gasteiger partial charge in [-0.15, -0.1) is 15.0 Å². The standard InChI is InChI=1S/C12H12ClN5O2/c13-8-3-1-4-9(7-8)18-15-11(14-16-18)10-5-2-6-17(10)12(19)20/h1,3-4,7,10H,2,5-6H2,(H,19,20)/t10-/m1/s1. The fraction of sp³-hybridized carbons (Fsp3) is 0.333. The molecule has 1 aromatic heterocycles. The summed E-state index contributed by atoms with van der Waals surface area (Å²) in [6, 6.07) is 6.75. The van der Waals surface area contributed by atoms with E-state index in [1.165, 1.54) is 9.70 Å². The van der Waals surface area contributed by atoms with Gasteiger partial charge in [0, 0.05) is 11.6 Å². The number of aromatic nitrogens is 4. The number of benzene rings is 1. The first-order valence-electron chi connectivity index (χ1n) is 6.20. The first kappa shape index (κ1) is 12.9. The third-order valence-electron chi connectivity index (χ3n) is 3.26. The van der Waals surface area contributed by atoms with Crippen molar-refractivity contribution >= 4 is 17.7 Å². The molecule has 104 valence electrons. The average molecular weight is 294 g/mol. The average Bonchev–Trinajstić information content (AvgIpc) is 3.07. The van der Waals surface area contributed by atoms with E-state index in [0.717, 1.165) is 6.42 Å². The van der Waals surface area contributed by atoms with Crippen molar-refractivity contribution < 1.29 is 9.90 Å². The Bertz CT molecular complexity index is 644. The lowest BCUT2D eigenvalue weighted by atomic mass is 10.2. The Labute approximate surface area is 119 Å². The SMILES string of the molecule is O=C(O)N1CCC[C@@H]1c1nnn(-c2cccc(Cl)c2)n1. The summed E-state index contributed by atoms with van der Waals surface area (Å²) in [5.74, 6) is 0.421. The van der Waals surface area contributed by atoms with Crippen LogP contribution in [0.2, 0.25) is 5.02 Å². The van der Waals surface area contributed by atoms with Crippen LogP contribution in [-0.4, -0.2) is 42.9 Å². The molecule has 8 heteroatoms. The molecule has 2 aromatic rings. The van der Waals surface area contributed by atoms with Crippen molar-refractivity contribution in [3.05, 3.63) is 35.1 Å². The largest absolute Gasteiger partial charge is 0.465 e. The zero-order chi connectivity index (χ0) is 14.1. The molecule has 3 rings (SSSR count). The lowest BCUT2D eigenvalue weighted by Crippen LogP contribution is -2.29. The molecule has 0 radical (unpaired) electrons. The Hall–Kier alpha value is -2.15. The molecule has 1 aliphatic heterocycles. The van der Waals surface area contributed by atoms with Gasteiger partial charge in [0.25, 0.3) is 0 Å². The number of tetrazole rings is 1. The van der Waals surface area contributed by atoms with Gasteiger partial charge in [-0.05, 0) is 36.3 Å². The Morgan fingerprint density at radius 3 is 3.05 bits per heavy atom. The van der Waals surface area contributed by atoms with Crippen molar-refractivity contribution in [2.75, 3.05) is 6.54 Å². The van der Waals surface area contributed by atoms with E-state index in [4.69, 9.17) is 16.7 Å². The van der Waals surface area contributed by atoms with E-state index < -0.39 is 6.09 Å². The van der Waals surface area contributed by atoms with Crippen LogP contribution < -0.4 is 0 Å². The zero-order valence-corrected chi connectivity index (χ0v) is 11.2. The van der Waals surface area contributed by atoms with Gasteiger partial charge in [0.05, 0.1) is 11.7 Å². The van der Waals surface area contributed by atoms with Crippen LogP contribution >= 0.6 is 11.6 Å². The molecular weight excluding hydrogens is 282 g/mol. The van der Waals surface area contributed by atoms with E-state index in [0.29, 0.717) is 29.5 Å². The second kappa shape index (κ2) is 5.09. The molecule has 0 spiro atoms. The molecule has 1 aliphatic rings. The first-order valence-corrected chi connectivity index (χ1v) is 6.58. The quantitative estimate of drug-likeness (QED) is 0.917. The molecule has 0 aliphatic carbocycles. The smallest absolute Gasteiger partial charge is 0.407 e. The maximum Gasteiger partial charge on any atom is 0.407 e. The monoisotopic (exact) mass is 293 g/mol. The Kier molecular flexibility index (Phi) is 3.27. The number of nitrogens with zero attached hydrogens (tertiary/aromatic N) is 5. The summed E-state index contributed by atoms with van der Waals surface area (Å²) in [6.45, 7) is 0.506. The highest BCUT2D eigenvalue weighted by Crippen LogP contribution is 2.29. The Morgan fingerprint density at radius 2 is 2.30 bits per heavy atom. The highest BCUT2D eigenvalue weighted by atomic mass is 35.5. The molecule has 1 atom stereocenters. The van der Waals surface area contributed by atoms with Crippen molar-refractivity contribution in [2.45, 2.75) is 18.9 Å². The van der Waals surface area contributed by atoms with E-state index in [9.17, 15) is 4.79 Å². The Morgan fingerprint density at radius 1 is 1.45 bits per heavy atom. The van der Waals surface area contributed by atoms with E-state index >= 15 is 0 Å². The molecule has 1 saturated heterocycles. The first-order chi connectivity index (χ1) is 9.65. The third kappa shape index (κ3) is 2.32. The lowest BCUT2D eigenvalue weighted by molar-refractivity contribution is 0.138. The molecule has 2 heterocycles. The molecule has 0 saturated carbocycles. The van der Waals surface area contributed by atoms with Gasteiger partial charge in [-0.1, -0.05) is 17.7 Å². The topological polar surface area (TPSA) is 84.1 Å². The van der Waals surface area contributed by atoms with Crippen LogP contribution in [0.1, 0.15) is 24.7 Å². The number of halogens is 1. The minimum absolute atomic E-state index is 0.319. The molecule has 20 heavy (non-hydrogen) atoms.